The fraction of sp³-hybridized carbons (Fsp3) is 0.533. The summed E-state index contributed by atoms with van der Waals surface area (Å²) in [5.41, 5.74) is 6.99. The molecule has 1 aromatic rings. The van der Waals surface area contributed by atoms with Gasteiger partial charge in [-0.2, -0.15) is 0 Å². The van der Waals surface area contributed by atoms with E-state index >= 15 is 0 Å². The molecule has 1 aliphatic heterocycles. The quantitative estimate of drug-likeness (QED) is 0.849. The van der Waals surface area contributed by atoms with Crippen LogP contribution in [0.4, 0.5) is 4.39 Å². The number of nitrogens with zero attached hydrogens (tertiary/aromatic N) is 1. The number of ether oxygens (including phenoxy) is 1. The van der Waals surface area contributed by atoms with Gasteiger partial charge in [-0.3, -0.25) is 9.69 Å². The van der Waals surface area contributed by atoms with Crippen LogP contribution in [-0.4, -0.2) is 43.2 Å². The normalized spacial score (nSPS) is 23.6. The molecular formula is C15H21FN2O2. The van der Waals surface area contributed by atoms with E-state index in [1.807, 2.05) is 11.0 Å². The number of hydrogen-bond donors (Lipinski definition) is 1. The third-order valence-corrected chi connectivity index (χ3v) is 3.54. The Hall–Kier alpha value is -1.46. The lowest BCUT2D eigenvalue weighted by molar-refractivity contribution is -0.144. The fourth-order valence-corrected chi connectivity index (χ4v) is 2.75. The van der Waals surface area contributed by atoms with E-state index in [1.165, 1.54) is 6.07 Å². The molecule has 0 aromatic heterocycles. The van der Waals surface area contributed by atoms with Crippen molar-refractivity contribution in [1.82, 2.24) is 4.90 Å². The molecule has 20 heavy (non-hydrogen) atoms. The second-order valence-electron chi connectivity index (χ2n) is 5.25. The zero-order valence-electron chi connectivity index (χ0n) is 11.7. The number of carbonyl (C=O) groups is 1. The summed E-state index contributed by atoms with van der Waals surface area (Å²) < 4.78 is 18.3. The summed E-state index contributed by atoms with van der Waals surface area (Å²) in [4.78, 5) is 13.5. The minimum atomic E-state index is -0.237. The highest BCUT2D eigenvalue weighted by Gasteiger charge is 2.27. The molecule has 1 aromatic carbocycles. The number of piperidine rings is 1. The molecule has 0 aliphatic carbocycles. The van der Waals surface area contributed by atoms with Gasteiger partial charge in [0.05, 0.1) is 13.2 Å². The molecule has 0 spiro atoms. The molecular weight excluding hydrogens is 259 g/mol. The maximum absolute atomic E-state index is 13.3. The predicted octanol–water partition coefficient (Wildman–Crippen LogP) is 1.51. The molecule has 1 saturated heterocycles. The van der Waals surface area contributed by atoms with Crippen LogP contribution in [0.15, 0.2) is 24.3 Å². The Morgan fingerprint density at radius 1 is 1.50 bits per heavy atom. The maximum Gasteiger partial charge on any atom is 0.320 e. The Kier molecular flexibility index (Phi) is 5.09. The van der Waals surface area contributed by atoms with Gasteiger partial charge in [0, 0.05) is 19.1 Å². The van der Waals surface area contributed by atoms with Crippen LogP contribution < -0.4 is 5.73 Å². The van der Waals surface area contributed by atoms with Gasteiger partial charge in [0.25, 0.3) is 0 Å². The molecule has 0 amide bonds. The lowest BCUT2D eigenvalue weighted by Gasteiger charge is -2.35. The van der Waals surface area contributed by atoms with Gasteiger partial charge in [0.15, 0.2) is 0 Å². The van der Waals surface area contributed by atoms with Crippen LogP contribution in [0.3, 0.4) is 0 Å². The van der Waals surface area contributed by atoms with Crippen LogP contribution in [0.1, 0.15) is 24.8 Å². The van der Waals surface area contributed by atoms with Crippen molar-refractivity contribution in [2.24, 2.45) is 5.73 Å². The molecule has 4 nitrogen and oxygen atoms in total. The molecule has 0 bridgehead atoms. The van der Waals surface area contributed by atoms with E-state index in [4.69, 9.17) is 10.5 Å². The van der Waals surface area contributed by atoms with E-state index < -0.39 is 0 Å². The monoisotopic (exact) mass is 280 g/mol. The average molecular weight is 280 g/mol. The largest absolute Gasteiger partial charge is 0.465 e. The van der Waals surface area contributed by atoms with E-state index in [0.717, 1.165) is 12.0 Å². The first-order valence-electron chi connectivity index (χ1n) is 6.97. The van der Waals surface area contributed by atoms with E-state index in [2.05, 4.69) is 0 Å². The Morgan fingerprint density at radius 2 is 2.30 bits per heavy atom. The van der Waals surface area contributed by atoms with Gasteiger partial charge in [-0.25, -0.2) is 4.39 Å². The summed E-state index contributed by atoms with van der Waals surface area (Å²) in [6.07, 6.45) is 0.808. The highest BCUT2D eigenvalue weighted by molar-refractivity contribution is 5.71. The van der Waals surface area contributed by atoms with Gasteiger partial charge in [-0.05, 0) is 37.0 Å². The number of halogens is 1. The highest BCUT2D eigenvalue weighted by atomic mass is 19.1. The second-order valence-corrected chi connectivity index (χ2v) is 5.25. The van der Waals surface area contributed by atoms with Crippen molar-refractivity contribution in [3.63, 3.8) is 0 Å². The molecule has 2 N–H and O–H groups in total. The number of rotatable bonds is 4. The van der Waals surface area contributed by atoms with Crippen LogP contribution in [0.5, 0.6) is 0 Å². The van der Waals surface area contributed by atoms with Crippen LogP contribution in [0.25, 0.3) is 0 Å². The summed E-state index contributed by atoms with van der Waals surface area (Å²) in [5, 5.41) is 0. The van der Waals surface area contributed by atoms with E-state index in [0.29, 0.717) is 19.7 Å². The average Bonchev–Trinajstić information content (AvgIpc) is 2.38. The molecule has 0 radical (unpaired) electrons. The van der Waals surface area contributed by atoms with Crippen molar-refractivity contribution in [3.8, 4) is 0 Å². The molecule has 0 saturated carbocycles. The first-order valence-corrected chi connectivity index (χ1v) is 6.97. The molecule has 1 fully saturated rings. The van der Waals surface area contributed by atoms with Gasteiger partial charge < -0.3 is 10.5 Å². The number of hydrogen-bond acceptors (Lipinski definition) is 4. The van der Waals surface area contributed by atoms with Crippen molar-refractivity contribution >= 4 is 5.97 Å². The van der Waals surface area contributed by atoms with E-state index in [1.54, 1.807) is 19.1 Å². The highest BCUT2D eigenvalue weighted by Crippen LogP contribution is 2.26. The number of benzene rings is 1. The van der Waals surface area contributed by atoms with Crippen molar-refractivity contribution in [2.75, 3.05) is 26.2 Å². The smallest absolute Gasteiger partial charge is 0.320 e. The molecule has 2 unspecified atom stereocenters. The SMILES string of the molecule is CCOC(=O)CN1CC(N)CC(c2cccc(F)c2)C1. The van der Waals surface area contributed by atoms with Gasteiger partial charge in [0.1, 0.15) is 5.82 Å². The number of carbonyl (C=O) groups excluding carboxylic acids is 1. The van der Waals surface area contributed by atoms with Gasteiger partial charge in [-0.1, -0.05) is 12.1 Å². The number of nitrogens with two attached hydrogens (primary N) is 1. The van der Waals surface area contributed by atoms with E-state index in [9.17, 15) is 9.18 Å². The summed E-state index contributed by atoms with van der Waals surface area (Å²) >= 11 is 0. The zero-order valence-corrected chi connectivity index (χ0v) is 11.7. The Bertz CT molecular complexity index is 467. The van der Waals surface area contributed by atoms with Gasteiger partial charge >= 0.3 is 5.97 Å². The van der Waals surface area contributed by atoms with Crippen LogP contribution in [0.2, 0.25) is 0 Å². The summed E-state index contributed by atoms with van der Waals surface area (Å²) in [7, 11) is 0. The Labute approximate surface area is 118 Å². The van der Waals surface area contributed by atoms with E-state index in [-0.39, 0.29) is 30.3 Å². The van der Waals surface area contributed by atoms with Crippen LogP contribution in [-0.2, 0) is 9.53 Å². The van der Waals surface area contributed by atoms with Crippen molar-refractivity contribution < 1.29 is 13.9 Å². The summed E-state index contributed by atoms with van der Waals surface area (Å²) in [6.45, 7) is 3.79. The first kappa shape index (κ1) is 14.9. The lowest BCUT2D eigenvalue weighted by Crippen LogP contribution is -2.48. The standard InChI is InChI=1S/C15H21FN2O2/c1-2-20-15(19)10-18-8-12(7-14(17)9-18)11-4-3-5-13(16)6-11/h3-6,12,14H,2,7-10,17H2,1H3. The van der Waals surface area contributed by atoms with Gasteiger partial charge in [0.2, 0.25) is 0 Å². The Balaban J connectivity index is 2.02. The first-order chi connectivity index (χ1) is 9.58. The summed E-state index contributed by atoms with van der Waals surface area (Å²) in [5.74, 6) is -0.318. The molecule has 1 aliphatic rings. The summed E-state index contributed by atoms with van der Waals surface area (Å²) in [6, 6.07) is 6.59. The molecule has 1 heterocycles. The minimum absolute atomic E-state index is 0.00792. The third-order valence-electron chi connectivity index (χ3n) is 3.54. The van der Waals surface area contributed by atoms with Gasteiger partial charge in [-0.15, -0.1) is 0 Å². The van der Waals surface area contributed by atoms with Crippen molar-refractivity contribution in [2.45, 2.75) is 25.3 Å². The minimum Gasteiger partial charge on any atom is -0.465 e. The van der Waals surface area contributed by atoms with Crippen molar-refractivity contribution in [3.05, 3.63) is 35.6 Å². The Morgan fingerprint density at radius 3 is 3.00 bits per heavy atom. The topological polar surface area (TPSA) is 55.6 Å². The number of likely N-dealkylation sites (tertiary alicyclic amines) is 1. The molecule has 2 atom stereocenters. The van der Waals surface area contributed by atoms with Crippen molar-refractivity contribution in [1.29, 1.82) is 0 Å². The maximum atomic E-state index is 13.3. The second kappa shape index (κ2) is 6.81. The molecule has 5 heteroatoms. The third kappa shape index (κ3) is 4.02. The zero-order chi connectivity index (χ0) is 14.5. The lowest BCUT2D eigenvalue weighted by atomic mass is 9.88. The molecule has 110 valence electrons. The van der Waals surface area contributed by atoms with Crippen LogP contribution >= 0.6 is 0 Å². The fourth-order valence-electron chi connectivity index (χ4n) is 2.75. The number of esters is 1. The van der Waals surface area contributed by atoms with Crippen LogP contribution in [0, 0.1) is 5.82 Å². The predicted molar refractivity (Wildman–Crippen MR) is 74.8 cm³/mol. The molecule has 2 rings (SSSR count).